The van der Waals surface area contributed by atoms with Gasteiger partial charge in [0.15, 0.2) is 5.69 Å². The number of amides is 1. The van der Waals surface area contributed by atoms with E-state index in [0.29, 0.717) is 12.2 Å². The Labute approximate surface area is 143 Å². The van der Waals surface area contributed by atoms with Crippen LogP contribution in [-0.4, -0.2) is 30.3 Å². The minimum atomic E-state index is -0.239. The molecule has 3 aromatic heterocycles. The van der Waals surface area contributed by atoms with Crippen LogP contribution in [-0.2, 0) is 6.54 Å². The number of aromatic nitrogens is 5. The summed E-state index contributed by atoms with van der Waals surface area (Å²) in [6.45, 7) is 2.37. The summed E-state index contributed by atoms with van der Waals surface area (Å²) in [7, 11) is 0. The van der Waals surface area contributed by atoms with E-state index in [9.17, 15) is 4.79 Å². The van der Waals surface area contributed by atoms with Crippen molar-refractivity contribution in [3.63, 3.8) is 0 Å². The Morgan fingerprint density at radius 2 is 1.96 bits per heavy atom. The average Bonchev–Trinajstić information content (AvgIpc) is 3.28. The average molecular weight is 332 g/mol. The van der Waals surface area contributed by atoms with E-state index in [4.69, 9.17) is 0 Å². The number of nitrogens with zero attached hydrogens (tertiary/aromatic N) is 5. The minimum Gasteiger partial charge on any atom is -0.345 e. The summed E-state index contributed by atoms with van der Waals surface area (Å²) < 4.78 is 3.50. The van der Waals surface area contributed by atoms with Gasteiger partial charge in [0.25, 0.3) is 5.91 Å². The Balaban J connectivity index is 1.55. The molecule has 124 valence electrons. The first-order chi connectivity index (χ1) is 12.2. The molecule has 0 aliphatic carbocycles. The van der Waals surface area contributed by atoms with Crippen LogP contribution in [0.1, 0.15) is 21.7 Å². The molecule has 1 amide bonds. The number of para-hydroxylation sites is 1. The molecule has 4 rings (SSSR count). The predicted molar refractivity (Wildman–Crippen MR) is 92.5 cm³/mol. The van der Waals surface area contributed by atoms with E-state index in [1.807, 2.05) is 60.0 Å². The van der Waals surface area contributed by atoms with Crippen LogP contribution in [0.2, 0.25) is 0 Å². The van der Waals surface area contributed by atoms with Gasteiger partial charge in [-0.05, 0) is 30.7 Å². The molecule has 0 bridgehead atoms. The maximum Gasteiger partial charge on any atom is 0.272 e. The van der Waals surface area contributed by atoms with E-state index in [0.717, 1.165) is 22.6 Å². The van der Waals surface area contributed by atoms with Crippen molar-refractivity contribution in [1.82, 2.24) is 29.7 Å². The lowest BCUT2D eigenvalue weighted by Gasteiger charge is -2.07. The molecule has 0 unspecified atom stereocenters. The molecule has 0 radical (unpaired) electrons. The summed E-state index contributed by atoms with van der Waals surface area (Å²) in [5, 5.41) is 10.8. The largest absolute Gasteiger partial charge is 0.345 e. The van der Waals surface area contributed by atoms with Gasteiger partial charge in [0, 0.05) is 6.20 Å². The van der Waals surface area contributed by atoms with Crippen LogP contribution in [0.4, 0.5) is 0 Å². The molecular weight excluding hydrogens is 316 g/mol. The van der Waals surface area contributed by atoms with Gasteiger partial charge in [-0.15, -0.1) is 5.10 Å². The third kappa shape index (κ3) is 2.76. The number of nitrogens with one attached hydrogen (secondary N) is 1. The van der Waals surface area contributed by atoms with Gasteiger partial charge < -0.3 is 9.72 Å². The first-order valence-corrected chi connectivity index (χ1v) is 7.90. The van der Waals surface area contributed by atoms with Gasteiger partial charge in [-0.1, -0.05) is 29.5 Å². The summed E-state index contributed by atoms with van der Waals surface area (Å²) in [5.74, 6) is -0.239. The molecule has 1 N–H and O–H groups in total. The highest BCUT2D eigenvalue weighted by molar-refractivity contribution is 5.92. The van der Waals surface area contributed by atoms with Gasteiger partial charge in [0.05, 0.1) is 30.3 Å². The van der Waals surface area contributed by atoms with Crippen molar-refractivity contribution in [2.45, 2.75) is 13.5 Å². The molecule has 0 saturated carbocycles. The minimum absolute atomic E-state index is 0.239. The normalized spacial score (nSPS) is 10.9. The molecule has 25 heavy (non-hydrogen) atoms. The maximum atomic E-state index is 12.6. The van der Waals surface area contributed by atoms with Gasteiger partial charge in [0.1, 0.15) is 5.65 Å². The highest BCUT2D eigenvalue weighted by Gasteiger charge is 2.15. The first-order valence-electron chi connectivity index (χ1n) is 7.90. The van der Waals surface area contributed by atoms with Crippen LogP contribution >= 0.6 is 0 Å². The van der Waals surface area contributed by atoms with E-state index in [1.165, 1.54) is 10.9 Å². The van der Waals surface area contributed by atoms with E-state index in [2.05, 4.69) is 20.6 Å². The Bertz CT molecular complexity index is 1030. The zero-order chi connectivity index (χ0) is 17.2. The molecule has 0 atom stereocenters. The van der Waals surface area contributed by atoms with Crippen molar-refractivity contribution >= 4 is 11.6 Å². The lowest BCUT2D eigenvalue weighted by molar-refractivity contribution is 0.0942. The number of carbonyl (C=O) groups is 1. The zero-order valence-corrected chi connectivity index (χ0v) is 13.6. The number of hydrogen-bond donors (Lipinski definition) is 1. The van der Waals surface area contributed by atoms with E-state index in [-0.39, 0.29) is 5.91 Å². The summed E-state index contributed by atoms with van der Waals surface area (Å²) in [5.41, 5.74) is 4.06. The van der Waals surface area contributed by atoms with Crippen LogP contribution < -0.4 is 5.32 Å². The van der Waals surface area contributed by atoms with Crippen molar-refractivity contribution in [2.75, 3.05) is 0 Å². The maximum absolute atomic E-state index is 12.6. The second kappa shape index (κ2) is 6.20. The third-order valence-corrected chi connectivity index (χ3v) is 4.02. The predicted octanol–water partition coefficient (Wildman–Crippen LogP) is 2.15. The topological polar surface area (TPSA) is 77.1 Å². The van der Waals surface area contributed by atoms with Gasteiger partial charge in [-0.2, -0.15) is 0 Å². The number of fused-ring (bicyclic) bond motifs is 1. The third-order valence-electron chi connectivity index (χ3n) is 4.02. The van der Waals surface area contributed by atoms with Crippen molar-refractivity contribution in [3.05, 3.63) is 78.0 Å². The summed E-state index contributed by atoms with van der Waals surface area (Å²) in [4.78, 5) is 17.0. The SMILES string of the molecule is Cc1cccn2c(CNC(=O)c3cnnn3-c3ccccc3)cnc12. The van der Waals surface area contributed by atoms with Crippen molar-refractivity contribution < 1.29 is 4.79 Å². The van der Waals surface area contributed by atoms with Gasteiger partial charge >= 0.3 is 0 Å². The second-order valence-corrected chi connectivity index (χ2v) is 5.68. The van der Waals surface area contributed by atoms with Crippen LogP contribution in [0.3, 0.4) is 0 Å². The van der Waals surface area contributed by atoms with E-state index >= 15 is 0 Å². The Morgan fingerprint density at radius 1 is 1.12 bits per heavy atom. The van der Waals surface area contributed by atoms with Crippen molar-refractivity contribution in [1.29, 1.82) is 0 Å². The highest BCUT2D eigenvalue weighted by atomic mass is 16.2. The Hall–Kier alpha value is -3.48. The molecule has 7 heteroatoms. The zero-order valence-electron chi connectivity index (χ0n) is 13.6. The number of pyridine rings is 1. The van der Waals surface area contributed by atoms with Crippen LogP contribution in [0.25, 0.3) is 11.3 Å². The number of carbonyl (C=O) groups excluding carboxylic acids is 1. The second-order valence-electron chi connectivity index (χ2n) is 5.68. The van der Waals surface area contributed by atoms with Crippen LogP contribution in [0, 0.1) is 6.92 Å². The van der Waals surface area contributed by atoms with Crippen molar-refractivity contribution in [3.8, 4) is 5.69 Å². The first kappa shape index (κ1) is 15.1. The lowest BCUT2D eigenvalue weighted by atomic mass is 10.3. The van der Waals surface area contributed by atoms with Crippen LogP contribution in [0.15, 0.2) is 61.1 Å². The monoisotopic (exact) mass is 332 g/mol. The number of imidazole rings is 1. The standard InChI is InChI=1S/C18H16N6O/c1-13-6-5-9-23-15(10-19-17(13)23)11-20-18(25)16-12-21-22-24(16)14-7-3-2-4-8-14/h2-10,12H,11H2,1H3,(H,20,25). The molecule has 4 aromatic rings. The van der Waals surface area contributed by atoms with Gasteiger partial charge in [0.2, 0.25) is 0 Å². The number of hydrogen-bond acceptors (Lipinski definition) is 4. The number of aryl methyl sites for hydroxylation is 1. The fourth-order valence-electron chi connectivity index (χ4n) is 2.74. The molecule has 0 spiro atoms. The summed E-state index contributed by atoms with van der Waals surface area (Å²) in [6, 6.07) is 13.4. The Morgan fingerprint density at radius 3 is 2.80 bits per heavy atom. The van der Waals surface area contributed by atoms with Crippen molar-refractivity contribution in [2.24, 2.45) is 0 Å². The molecule has 7 nitrogen and oxygen atoms in total. The number of benzene rings is 1. The summed E-state index contributed by atoms with van der Waals surface area (Å²) >= 11 is 0. The quantitative estimate of drug-likeness (QED) is 0.621. The Kier molecular flexibility index (Phi) is 3.74. The van der Waals surface area contributed by atoms with Gasteiger partial charge in [-0.3, -0.25) is 4.79 Å². The number of rotatable bonds is 4. The molecule has 0 saturated heterocycles. The van der Waals surface area contributed by atoms with Crippen LogP contribution in [0.5, 0.6) is 0 Å². The smallest absolute Gasteiger partial charge is 0.272 e. The van der Waals surface area contributed by atoms with E-state index in [1.54, 1.807) is 6.20 Å². The fraction of sp³-hybridized carbons (Fsp3) is 0.111. The molecule has 0 aliphatic heterocycles. The van der Waals surface area contributed by atoms with E-state index < -0.39 is 0 Å². The van der Waals surface area contributed by atoms with Gasteiger partial charge in [-0.25, -0.2) is 9.67 Å². The fourth-order valence-corrected chi connectivity index (χ4v) is 2.74. The molecular formula is C18H16N6O. The molecule has 3 heterocycles. The molecule has 0 fully saturated rings. The highest BCUT2D eigenvalue weighted by Crippen LogP contribution is 2.12. The molecule has 0 aliphatic rings. The lowest BCUT2D eigenvalue weighted by Crippen LogP contribution is -2.26. The summed E-state index contributed by atoms with van der Waals surface area (Å²) in [6.07, 6.45) is 5.17. The molecule has 1 aromatic carbocycles.